The summed E-state index contributed by atoms with van der Waals surface area (Å²) in [5.41, 5.74) is -1.76. The molecule has 3 rings (SSSR count). The second-order valence-electron chi connectivity index (χ2n) is 6.55. The van der Waals surface area contributed by atoms with Crippen molar-refractivity contribution in [1.29, 1.82) is 0 Å². The van der Waals surface area contributed by atoms with Gasteiger partial charge < -0.3 is 18.9 Å². The minimum atomic E-state index is -4.98. The summed E-state index contributed by atoms with van der Waals surface area (Å²) in [6.45, 7) is 1.48. The Labute approximate surface area is 150 Å². The van der Waals surface area contributed by atoms with Crippen molar-refractivity contribution in [2.45, 2.75) is 24.8 Å². The molecular weight excluding hydrogens is 377 g/mol. The number of methoxy groups -OCH3 is 1. The topological polar surface area (TPSA) is 105 Å². The molecule has 1 heterocycles. The Morgan fingerprint density at radius 3 is 2.52 bits per heavy atom. The van der Waals surface area contributed by atoms with E-state index < -0.39 is 72.2 Å². The van der Waals surface area contributed by atoms with Crippen LogP contribution in [0.5, 0.6) is 0 Å². The van der Waals surface area contributed by atoms with Crippen molar-refractivity contribution in [3.8, 4) is 0 Å². The summed E-state index contributed by atoms with van der Waals surface area (Å²) in [5.74, 6) is -6.43. The fraction of sp³-hybridized carbons (Fsp3) is 0.625. The molecule has 0 N–H and O–H groups in total. The highest BCUT2D eigenvalue weighted by Gasteiger charge is 2.70. The van der Waals surface area contributed by atoms with Crippen molar-refractivity contribution < 1.29 is 51.3 Å². The number of esters is 4. The van der Waals surface area contributed by atoms with Crippen LogP contribution in [0.25, 0.3) is 0 Å². The van der Waals surface area contributed by atoms with Crippen molar-refractivity contribution in [2.75, 3.05) is 13.7 Å². The van der Waals surface area contributed by atoms with Crippen LogP contribution in [-0.2, 0) is 38.1 Å². The van der Waals surface area contributed by atoms with Crippen LogP contribution in [0, 0.1) is 23.7 Å². The van der Waals surface area contributed by atoms with E-state index in [1.54, 1.807) is 0 Å². The van der Waals surface area contributed by atoms with Gasteiger partial charge in [-0.3, -0.25) is 9.59 Å². The fourth-order valence-electron chi connectivity index (χ4n) is 4.12. The van der Waals surface area contributed by atoms with Crippen LogP contribution in [0.1, 0.15) is 6.42 Å². The number of hydrogen-bond donors (Lipinski definition) is 0. The van der Waals surface area contributed by atoms with Crippen molar-refractivity contribution in [3.05, 3.63) is 12.2 Å². The summed E-state index contributed by atoms with van der Waals surface area (Å²) in [6.07, 6.45) is -6.27. The van der Waals surface area contributed by atoms with Gasteiger partial charge in [0.25, 0.3) is 0 Å². The molecule has 0 aromatic heterocycles. The molecule has 0 aromatic rings. The Kier molecular flexibility index (Phi) is 4.64. The molecule has 1 saturated heterocycles. The highest BCUT2D eigenvalue weighted by atomic mass is 19.4. The molecule has 0 spiro atoms. The van der Waals surface area contributed by atoms with Gasteiger partial charge in [0.2, 0.25) is 0 Å². The van der Waals surface area contributed by atoms with E-state index in [1.807, 2.05) is 0 Å². The summed E-state index contributed by atoms with van der Waals surface area (Å²) in [6, 6.07) is 0. The molecular formula is C16H15F3O8. The summed E-state index contributed by atoms with van der Waals surface area (Å²) in [4.78, 5) is 47.1. The Hall–Kier alpha value is -2.59. The fourth-order valence-corrected chi connectivity index (χ4v) is 4.12. The van der Waals surface area contributed by atoms with Crippen molar-refractivity contribution in [1.82, 2.24) is 0 Å². The predicted octanol–water partition coefficient (Wildman–Crippen LogP) is 0.540. The molecule has 11 heteroatoms. The quantitative estimate of drug-likeness (QED) is 0.379. The van der Waals surface area contributed by atoms with Gasteiger partial charge in [-0.2, -0.15) is 13.2 Å². The first-order valence-corrected chi connectivity index (χ1v) is 7.97. The maximum atomic E-state index is 12.3. The molecule has 27 heavy (non-hydrogen) atoms. The molecule has 1 aliphatic heterocycles. The zero-order chi connectivity index (χ0) is 20.1. The van der Waals surface area contributed by atoms with E-state index >= 15 is 0 Å². The number of carbonyl (C=O) groups excluding carboxylic acids is 4. The Morgan fingerprint density at radius 1 is 1.26 bits per heavy atom. The number of ether oxygens (including phenoxy) is 4. The second kappa shape index (κ2) is 6.54. The van der Waals surface area contributed by atoms with Crippen LogP contribution in [0.15, 0.2) is 12.2 Å². The van der Waals surface area contributed by atoms with E-state index in [-0.39, 0.29) is 5.92 Å². The monoisotopic (exact) mass is 392 g/mol. The third kappa shape index (κ3) is 3.15. The van der Waals surface area contributed by atoms with E-state index in [0.717, 1.165) is 0 Å². The number of halogens is 3. The minimum absolute atomic E-state index is 0.308. The number of hydrogen-bond acceptors (Lipinski definition) is 8. The summed E-state index contributed by atoms with van der Waals surface area (Å²) in [5, 5.41) is 0. The highest BCUT2D eigenvalue weighted by Crippen LogP contribution is 2.58. The Morgan fingerprint density at radius 2 is 1.93 bits per heavy atom. The first-order valence-electron chi connectivity index (χ1n) is 7.97. The molecule has 148 valence electrons. The number of carbonyl (C=O) groups is 4. The molecule has 2 aliphatic carbocycles. The van der Waals surface area contributed by atoms with Gasteiger partial charge in [-0.25, -0.2) is 9.59 Å². The molecule has 3 aliphatic rings. The van der Waals surface area contributed by atoms with Crippen molar-refractivity contribution in [2.24, 2.45) is 23.7 Å². The molecule has 0 aromatic carbocycles. The molecule has 6 atom stereocenters. The number of fused-ring (bicyclic) bond motifs is 1. The average Bonchev–Trinajstić information content (AvgIpc) is 3.21. The Balaban J connectivity index is 1.62. The van der Waals surface area contributed by atoms with Gasteiger partial charge in [0.1, 0.15) is 17.8 Å². The minimum Gasteiger partial charge on any atom is -0.469 e. The average molecular weight is 392 g/mol. The van der Waals surface area contributed by atoms with Gasteiger partial charge in [0.15, 0.2) is 6.61 Å². The lowest BCUT2D eigenvalue weighted by Crippen LogP contribution is -2.44. The maximum Gasteiger partial charge on any atom is 0.422 e. The number of alkyl halides is 3. The van der Waals surface area contributed by atoms with Gasteiger partial charge in [-0.15, -0.1) is 0 Å². The molecule has 3 fully saturated rings. The van der Waals surface area contributed by atoms with Gasteiger partial charge in [0, 0.05) is 11.8 Å². The van der Waals surface area contributed by atoms with Crippen LogP contribution in [0.2, 0.25) is 0 Å². The summed E-state index contributed by atoms with van der Waals surface area (Å²) >= 11 is 0. The van der Waals surface area contributed by atoms with E-state index in [2.05, 4.69) is 11.3 Å². The van der Waals surface area contributed by atoms with E-state index in [9.17, 15) is 32.3 Å². The molecule has 2 bridgehead atoms. The predicted molar refractivity (Wildman–Crippen MR) is 76.5 cm³/mol. The first-order chi connectivity index (χ1) is 12.6. The van der Waals surface area contributed by atoms with Gasteiger partial charge in [-0.05, 0) is 6.42 Å². The summed E-state index contributed by atoms with van der Waals surface area (Å²) < 4.78 is 56.3. The van der Waals surface area contributed by atoms with Gasteiger partial charge in [0.05, 0.1) is 18.9 Å². The van der Waals surface area contributed by atoms with Crippen molar-refractivity contribution >= 4 is 23.9 Å². The van der Waals surface area contributed by atoms with Crippen LogP contribution in [0.4, 0.5) is 13.2 Å². The second-order valence-corrected chi connectivity index (χ2v) is 6.55. The highest BCUT2D eigenvalue weighted by molar-refractivity contribution is 5.90. The molecule has 8 nitrogen and oxygen atoms in total. The number of rotatable bonds is 5. The summed E-state index contributed by atoms with van der Waals surface area (Å²) in [7, 11) is 1.17. The van der Waals surface area contributed by atoms with Gasteiger partial charge >= 0.3 is 30.1 Å². The van der Waals surface area contributed by atoms with E-state index in [1.165, 1.54) is 7.11 Å². The van der Waals surface area contributed by atoms with Gasteiger partial charge in [-0.1, -0.05) is 6.58 Å². The lowest BCUT2D eigenvalue weighted by Gasteiger charge is -2.29. The van der Waals surface area contributed by atoms with Crippen LogP contribution < -0.4 is 0 Å². The largest absolute Gasteiger partial charge is 0.469 e. The third-order valence-electron chi connectivity index (χ3n) is 5.20. The van der Waals surface area contributed by atoms with Crippen molar-refractivity contribution in [3.63, 3.8) is 0 Å². The van der Waals surface area contributed by atoms with Crippen LogP contribution in [0.3, 0.4) is 0 Å². The third-order valence-corrected chi connectivity index (χ3v) is 5.20. The lowest BCUT2D eigenvalue weighted by atomic mass is 9.78. The molecule has 0 radical (unpaired) electrons. The maximum absolute atomic E-state index is 12.3. The van der Waals surface area contributed by atoms with Crippen LogP contribution in [-0.4, -0.2) is 56.0 Å². The SMILES string of the molecule is C=C(C(=O)OCC(=O)OC1C2CC3C1OC(=O)C3C2C(=O)OC)C(F)(F)F. The van der Waals surface area contributed by atoms with E-state index in [4.69, 9.17) is 14.2 Å². The zero-order valence-electron chi connectivity index (χ0n) is 14.0. The standard InChI is InChI=1S/C16H15F3O8/c1-5(16(17,18)19)13(21)25-4-8(20)26-11-6-3-7-10(9(6)14(22)24-2)15(23)27-12(7)11/h6-7,9-12H,1,3-4H2,2H3. The lowest BCUT2D eigenvalue weighted by molar-refractivity contribution is -0.173. The molecule has 2 saturated carbocycles. The van der Waals surface area contributed by atoms with Crippen LogP contribution >= 0.6 is 0 Å². The normalized spacial score (nSPS) is 33.4. The zero-order valence-corrected chi connectivity index (χ0v) is 14.0. The smallest absolute Gasteiger partial charge is 0.422 e. The Bertz CT molecular complexity index is 715. The molecule has 6 unspecified atom stereocenters. The molecule has 0 amide bonds. The van der Waals surface area contributed by atoms with E-state index in [0.29, 0.717) is 6.42 Å². The first kappa shape index (κ1) is 19.2.